The number of fused-ring (bicyclic) bond motifs is 1. The molecule has 4 heteroatoms. The first-order valence-corrected chi connectivity index (χ1v) is 9.39. The Hall–Kier alpha value is -2.10. The predicted octanol–water partition coefficient (Wildman–Crippen LogP) is 5.58. The molecule has 1 aliphatic heterocycles. The number of rotatable bonds is 3. The molecular formula is C22H22ClFN2. The Morgan fingerprint density at radius 2 is 1.96 bits per heavy atom. The molecule has 2 aromatic carbocycles. The third-order valence-corrected chi connectivity index (χ3v) is 5.37. The summed E-state index contributed by atoms with van der Waals surface area (Å²) in [5.41, 5.74) is 4.89. The molecule has 134 valence electrons. The van der Waals surface area contributed by atoms with Crippen LogP contribution in [0.25, 0.3) is 0 Å². The molecule has 1 unspecified atom stereocenters. The van der Waals surface area contributed by atoms with Gasteiger partial charge in [-0.3, -0.25) is 4.90 Å². The van der Waals surface area contributed by atoms with Gasteiger partial charge in [0.15, 0.2) is 0 Å². The van der Waals surface area contributed by atoms with Crippen molar-refractivity contribution in [2.75, 3.05) is 6.54 Å². The van der Waals surface area contributed by atoms with Crippen molar-refractivity contribution in [3.8, 4) is 0 Å². The van der Waals surface area contributed by atoms with Crippen molar-refractivity contribution >= 4 is 11.6 Å². The fourth-order valence-corrected chi connectivity index (χ4v) is 4.11. The monoisotopic (exact) mass is 368 g/mol. The van der Waals surface area contributed by atoms with Crippen LogP contribution in [0, 0.1) is 12.7 Å². The Bertz CT molecular complexity index is 918. The van der Waals surface area contributed by atoms with Crippen molar-refractivity contribution in [1.29, 1.82) is 0 Å². The maximum Gasteiger partial charge on any atom is 0.141 e. The smallest absolute Gasteiger partial charge is 0.141 e. The van der Waals surface area contributed by atoms with E-state index in [0.29, 0.717) is 0 Å². The van der Waals surface area contributed by atoms with E-state index in [9.17, 15) is 4.39 Å². The van der Waals surface area contributed by atoms with Crippen LogP contribution in [0.15, 0.2) is 60.8 Å². The molecule has 1 aliphatic rings. The molecule has 0 amide bonds. The van der Waals surface area contributed by atoms with Crippen molar-refractivity contribution in [3.05, 3.63) is 94.0 Å². The van der Waals surface area contributed by atoms with Gasteiger partial charge in [0, 0.05) is 31.5 Å². The molecule has 0 radical (unpaired) electrons. The van der Waals surface area contributed by atoms with Crippen molar-refractivity contribution in [2.24, 2.45) is 0 Å². The molecule has 0 spiro atoms. The molecule has 2 heterocycles. The Balaban J connectivity index is 1.74. The van der Waals surface area contributed by atoms with Gasteiger partial charge < -0.3 is 4.57 Å². The summed E-state index contributed by atoms with van der Waals surface area (Å²) in [6, 6.07) is 18.3. The first-order valence-electron chi connectivity index (χ1n) is 9.01. The van der Waals surface area contributed by atoms with E-state index >= 15 is 0 Å². The minimum atomic E-state index is -0.365. The molecule has 26 heavy (non-hydrogen) atoms. The Labute approximate surface area is 158 Å². The van der Waals surface area contributed by atoms with Gasteiger partial charge in [0.1, 0.15) is 5.82 Å². The molecule has 0 N–H and O–H groups in total. The second-order valence-electron chi connectivity index (χ2n) is 7.02. The number of aromatic nitrogens is 1. The van der Waals surface area contributed by atoms with Crippen molar-refractivity contribution in [3.63, 3.8) is 0 Å². The van der Waals surface area contributed by atoms with E-state index in [1.807, 2.05) is 6.07 Å². The lowest BCUT2D eigenvalue weighted by molar-refractivity contribution is 0.220. The number of halogens is 2. The number of hydrogen-bond acceptors (Lipinski definition) is 1. The summed E-state index contributed by atoms with van der Waals surface area (Å²) in [6.45, 7) is 4.87. The highest BCUT2D eigenvalue weighted by atomic mass is 35.5. The minimum absolute atomic E-state index is 0.177. The lowest BCUT2D eigenvalue weighted by atomic mass is 9.99. The maximum absolute atomic E-state index is 13.5. The summed E-state index contributed by atoms with van der Waals surface area (Å²) in [4.78, 5) is 2.47. The van der Waals surface area contributed by atoms with Crippen LogP contribution in [-0.4, -0.2) is 16.0 Å². The van der Waals surface area contributed by atoms with Crippen LogP contribution in [0.5, 0.6) is 0 Å². The largest absolute Gasteiger partial charge is 0.350 e. The first kappa shape index (κ1) is 17.3. The number of aryl methyl sites for hydroxylation is 2. The van der Waals surface area contributed by atoms with E-state index in [-0.39, 0.29) is 16.9 Å². The fraction of sp³-hybridized carbons (Fsp3) is 0.273. The van der Waals surface area contributed by atoms with E-state index in [4.69, 9.17) is 11.6 Å². The van der Waals surface area contributed by atoms with Gasteiger partial charge in [0.05, 0.1) is 11.1 Å². The minimum Gasteiger partial charge on any atom is -0.350 e. The lowest BCUT2D eigenvalue weighted by Gasteiger charge is -2.31. The summed E-state index contributed by atoms with van der Waals surface area (Å²) in [5, 5.41) is 0.188. The fourth-order valence-electron chi connectivity index (χ4n) is 3.90. The van der Waals surface area contributed by atoms with Crippen LogP contribution < -0.4 is 0 Å². The van der Waals surface area contributed by atoms with Crippen LogP contribution >= 0.6 is 11.6 Å². The zero-order valence-corrected chi connectivity index (χ0v) is 15.6. The van der Waals surface area contributed by atoms with E-state index in [2.05, 4.69) is 59.0 Å². The van der Waals surface area contributed by atoms with Crippen LogP contribution in [0.3, 0.4) is 0 Å². The molecule has 1 atom stereocenters. The third kappa shape index (κ3) is 3.42. The molecule has 0 aliphatic carbocycles. The quantitative estimate of drug-likeness (QED) is 0.585. The normalized spacial score (nSPS) is 17.7. The Morgan fingerprint density at radius 1 is 1.08 bits per heavy atom. The first-order chi connectivity index (χ1) is 12.6. The SMILES string of the molecule is Cc1cccc(C2c3cccn3CCCN2Cc2ccc(F)c(Cl)c2)c1. The molecule has 4 rings (SSSR count). The zero-order chi connectivity index (χ0) is 18.1. The van der Waals surface area contributed by atoms with Gasteiger partial charge in [-0.05, 0) is 48.7 Å². The van der Waals surface area contributed by atoms with Gasteiger partial charge in [0.2, 0.25) is 0 Å². The third-order valence-electron chi connectivity index (χ3n) is 5.08. The van der Waals surface area contributed by atoms with Crippen molar-refractivity contribution in [2.45, 2.75) is 32.5 Å². The number of benzene rings is 2. The molecule has 3 aromatic rings. The van der Waals surface area contributed by atoms with Gasteiger partial charge in [-0.1, -0.05) is 47.5 Å². The summed E-state index contributed by atoms with van der Waals surface area (Å²) >= 11 is 6.00. The topological polar surface area (TPSA) is 8.17 Å². The molecule has 1 aromatic heterocycles. The molecule has 0 saturated carbocycles. The van der Waals surface area contributed by atoms with Gasteiger partial charge >= 0.3 is 0 Å². The molecule has 0 fully saturated rings. The van der Waals surface area contributed by atoms with E-state index < -0.39 is 0 Å². The highest BCUT2D eigenvalue weighted by Crippen LogP contribution is 2.33. The van der Waals surface area contributed by atoms with Crippen LogP contribution in [0.1, 0.15) is 34.8 Å². The van der Waals surface area contributed by atoms with Crippen LogP contribution in [-0.2, 0) is 13.1 Å². The molecular weight excluding hydrogens is 347 g/mol. The van der Waals surface area contributed by atoms with Gasteiger partial charge in [-0.25, -0.2) is 4.39 Å². The second kappa shape index (κ2) is 7.26. The molecule has 0 saturated heterocycles. The van der Waals surface area contributed by atoms with Gasteiger partial charge in [-0.2, -0.15) is 0 Å². The lowest BCUT2D eigenvalue weighted by Crippen LogP contribution is -2.29. The highest BCUT2D eigenvalue weighted by Gasteiger charge is 2.27. The average Bonchev–Trinajstić information content (AvgIpc) is 3.00. The second-order valence-corrected chi connectivity index (χ2v) is 7.42. The average molecular weight is 369 g/mol. The summed E-state index contributed by atoms with van der Waals surface area (Å²) < 4.78 is 15.9. The van der Waals surface area contributed by atoms with Crippen molar-refractivity contribution in [1.82, 2.24) is 9.47 Å². The van der Waals surface area contributed by atoms with Gasteiger partial charge in [-0.15, -0.1) is 0 Å². The van der Waals surface area contributed by atoms with Crippen LogP contribution in [0.2, 0.25) is 5.02 Å². The van der Waals surface area contributed by atoms with E-state index in [1.165, 1.54) is 22.9 Å². The summed E-state index contributed by atoms with van der Waals surface area (Å²) in [5.74, 6) is -0.365. The molecule has 0 bridgehead atoms. The van der Waals surface area contributed by atoms with E-state index in [1.54, 1.807) is 6.07 Å². The van der Waals surface area contributed by atoms with E-state index in [0.717, 1.165) is 31.6 Å². The number of hydrogen-bond donors (Lipinski definition) is 0. The predicted molar refractivity (Wildman–Crippen MR) is 104 cm³/mol. The maximum atomic E-state index is 13.5. The Kier molecular flexibility index (Phi) is 4.84. The number of nitrogens with zero attached hydrogens (tertiary/aromatic N) is 2. The Morgan fingerprint density at radius 3 is 2.77 bits per heavy atom. The molecule has 2 nitrogen and oxygen atoms in total. The van der Waals surface area contributed by atoms with Crippen molar-refractivity contribution < 1.29 is 4.39 Å². The van der Waals surface area contributed by atoms with Gasteiger partial charge in [0.25, 0.3) is 0 Å². The zero-order valence-electron chi connectivity index (χ0n) is 14.8. The standard InChI is InChI=1S/C22H22ClFN2/c1-16-5-2-6-18(13-16)22-21-7-3-10-25(21)11-4-12-26(22)15-17-8-9-20(24)19(23)14-17/h2-3,5-10,13-14,22H,4,11-12,15H2,1H3. The van der Waals surface area contributed by atoms with Crippen LogP contribution in [0.4, 0.5) is 4.39 Å². The summed E-state index contributed by atoms with van der Waals surface area (Å²) in [7, 11) is 0. The highest BCUT2D eigenvalue weighted by molar-refractivity contribution is 6.30. The summed E-state index contributed by atoms with van der Waals surface area (Å²) in [6.07, 6.45) is 3.25.